The normalized spacial score (nSPS) is 10.8. The lowest BCUT2D eigenvalue weighted by molar-refractivity contribution is 0.303. The van der Waals surface area contributed by atoms with E-state index in [0.717, 1.165) is 5.57 Å². The number of methoxy groups -OCH3 is 1. The van der Waals surface area contributed by atoms with Crippen LogP contribution in [0, 0.1) is 0 Å². The summed E-state index contributed by atoms with van der Waals surface area (Å²) in [5, 5.41) is 0. The molecule has 0 saturated carbocycles. The zero-order chi connectivity index (χ0) is 8.15. The molecule has 0 rings (SSSR count). The van der Waals surface area contributed by atoms with E-state index in [0.29, 0.717) is 11.5 Å². The Morgan fingerprint density at radius 2 is 2.00 bits per heavy atom. The third-order valence-electron chi connectivity index (χ3n) is 1.09. The third kappa shape index (κ3) is 2.97. The average molecular weight is 139 g/mol. The summed E-state index contributed by atoms with van der Waals surface area (Å²) in [7, 11) is 1.57. The van der Waals surface area contributed by atoms with E-state index in [-0.39, 0.29) is 0 Å². The SMILES string of the molecule is C=C(N)/C=C(/C)C(=C)OC. The van der Waals surface area contributed by atoms with Gasteiger partial charge < -0.3 is 10.5 Å². The summed E-state index contributed by atoms with van der Waals surface area (Å²) in [5.41, 5.74) is 6.73. The molecule has 0 heterocycles. The quantitative estimate of drug-likeness (QED) is 0.475. The molecule has 0 aromatic rings. The molecule has 0 saturated heterocycles. The molecule has 0 aliphatic heterocycles. The van der Waals surface area contributed by atoms with Crippen LogP contribution < -0.4 is 5.73 Å². The average Bonchev–Trinajstić information content (AvgIpc) is 1.85. The van der Waals surface area contributed by atoms with E-state index in [9.17, 15) is 0 Å². The lowest BCUT2D eigenvalue weighted by Gasteiger charge is -2.02. The van der Waals surface area contributed by atoms with Crippen molar-refractivity contribution in [1.82, 2.24) is 0 Å². The molecule has 56 valence electrons. The van der Waals surface area contributed by atoms with E-state index in [1.165, 1.54) is 0 Å². The smallest absolute Gasteiger partial charge is 0.114 e. The van der Waals surface area contributed by atoms with E-state index in [2.05, 4.69) is 13.2 Å². The summed E-state index contributed by atoms with van der Waals surface area (Å²) in [6.07, 6.45) is 1.71. The van der Waals surface area contributed by atoms with Gasteiger partial charge in [0.25, 0.3) is 0 Å². The molecule has 10 heavy (non-hydrogen) atoms. The van der Waals surface area contributed by atoms with Crippen molar-refractivity contribution >= 4 is 0 Å². The first-order chi connectivity index (χ1) is 4.57. The van der Waals surface area contributed by atoms with Gasteiger partial charge in [0, 0.05) is 5.70 Å². The highest BCUT2D eigenvalue weighted by Crippen LogP contribution is 2.07. The monoisotopic (exact) mass is 139 g/mol. The molecule has 2 heteroatoms. The predicted molar refractivity (Wildman–Crippen MR) is 43.2 cm³/mol. The van der Waals surface area contributed by atoms with Crippen LogP contribution in [0.15, 0.2) is 36.3 Å². The lowest BCUT2D eigenvalue weighted by atomic mass is 10.2. The fourth-order valence-electron chi connectivity index (χ4n) is 0.520. The second-order valence-electron chi connectivity index (χ2n) is 2.03. The summed E-state index contributed by atoms with van der Waals surface area (Å²) in [4.78, 5) is 0. The van der Waals surface area contributed by atoms with Crippen molar-refractivity contribution in [3.8, 4) is 0 Å². The van der Waals surface area contributed by atoms with E-state index < -0.39 is 0 Å². The van der Waals surface area contributed by atoms with Crippen LogP contribution in [-0.4, -0.2) is 7.11 Å². The van der Waals surface area contributed by atoms with Gasteiger partial charge in [-0.3, -0.25) is 0 Å². The van der Waals surface area contributed by atoms with Crippen molar-refractivity contribution in [2.75, 3.05) is 7.11 Å². The Balaban J connectivity index is 4.19. The minimum atomic E-state index is 0.510. The molecule has 2 nitrogen and oxygen atoms in total. The van der Waals surface area contributed by atoms with Gasteiger partial charge in [-0.05, 0) is 18.6 Å². The Morgan fingerprint density at radius 3 is 2.30 bits per heavy atom. The Hall–Kier alpha value is -1.18. The molecule has 2 N–H and O–H groups in total. The van der Waals surface area contributed by atoms with Crippen LogP contribution in [0.4, 0.5) is 0 Å². The fourth-order valence-corrected chi connectivity index (χ4v) is 0.520. The summed E-state index contributed by atoms with van der Waals surface area (Å²) in [6, 6.07) is 0. The largest absolute Gasteiger partial charge is 0.497 e. The molecule has 0 atom stereocenters. The van der Waals surface area contributed by atoms with Crippen LogP contribution in [0.25, 0.3) is 0 Å². The number of ether oxygens (including phenoxy) is 1. The zero-order valence-corrected chi connectivity index (χ0v) is 6.48. The molecule has 0 aromatic carbocycles. The highest BCUT2D eigenvalue weighted by atomic mass is 16.5. The summed E-state index contributed by atoms with van der Waals surface area (Å²) >= 11 is 0. The van der Waals surface area contributed by atoms with Crippen molar-refractivity contribution in [2.24, 2.45) is 5.73 Å². The molecular formula is C8H13NO. The molecule has 0 radical (unpaired) electrons. The van der Waals surface area contributed by atoms with Gasteiger partial charge in [0.05, 0.1) is 7.11 Å². The zero-order valence-electron chi connectivity index (χ0n) is 6.48. The van der Waals surface area contributed by atoms with Crippen molar-refractivity contribution in [3.05, 3.63) is 36.3 Å². The molecule has 0 amide bonds. The molecule has 0 aliphatic carbocycles. The van der Waals surface area contributed by atoms with Crippen molar-refractivity contribution in [3.63, 3.8) is 0 Å². The Kier molecular flexibility index (Phi) is 3.33. The van der Waals surface area contributed by atoms with Gasteiger partial charge in [0.2, 0.25) is 0 Å². The topological polar surface area (TPSA) is 35.2 Å². The molecule has 0 bridgehead atoms. The van der Waals surface area contributed by atoms with Gasteiger partial charge in [-0.1, -0.05) is 13.2 Å². The Bertz CT molecular complexity index is 180. The third-order valence-corrected chi connectivity index (χ3v) is 1.09. The second kappa shape index (κ2) is 3.77. The highest BCUT2D eigenvalue weighted by molar-refractivity contribution is 5.27. The minimum Gasteiger partial charge on any atom is -0.497 e. The van der Waals surface area contributed by atoms with Crippen LogP contribution >= 0.6 is 0 Å². The van der Waals surface area contributed by atoms with E-state index in [1.54, 1.807) is 13.2 Å². The van der Waals surface area contributed by atoms with Gasteiger partial charge in [-0.2, -0.15) is 0 Å². The highest BCUT2D eigenvalue weighted by Gasteiger charge is 1.93. The predicted octanol–water partition coefficient (Wildman–Crippen LogP) is 1.57. The molecular weight excluding hydrogens is 126 g/mol. The summed E-state index contributed by atoms with van der Waals surface area (Å²) in [5.74, 6) is 0.617. The molecule has 0 fully saturated rings. The van der Waals surface area contributed by atoms with Crippen LogP contribution in [0.1, 0.15) is 6.92 Å². The molecule has 0 unspecified atom stereocenters. The van der Waals surface area contributed by atoms with Crippen LogP contribution in [-0.2, 0) is 4.74 Å². The first-order valence-electron chi connectivity index (χ1n) is 2.94. The van der Waals surface area contributed by atoms with E-state index in [4.69, 9.17) is 10.5 Å². The van der Waals surface area contributed by atoms with Gasteiger partial charge in [-0.15, -0.1) is 0 Å². The second-order valence-corrected chi connectivity index (χ2v) is 2.03. The minimum absolute atomic E-state index is 0.510. The van der Waals surface area contributed by atoms with Gasteiger partial charge in [0.15, 0.2) is 0 Å². The fraction of sp³-hybridized carbons (Fsp3) is 0.250. The van der Waals surface area contributed by atoms with Crippen molar-refractivity contribution in [2.45, 2.75) is 6.92 Å². The first-order valence-corrected chi connectivity index (χ1v) is 2.94. The standard InChI is InChI=1S/C8H13NO/c1-6(5-7(2)9)8(3)10-4/h5H,2-3,9H2,1,4H3/b6-5-. The number of hydrogen-bond acceptors (Lipinski definition) is 2. The van der Waals surface area contributed by atoms with Crippen molar-refractivity contribution in [1.29, 1.82) is 0 Å². The van der Waals surface area contributed by atoms with E-state index >= 15 is 0 Å². The molecule has 0 aromatic heterocycles. The van der Waals surface area contributed by atoms with Crippen LogP contribution in [0.5, 0.6) is 0 Å². The maximum atomic E-state index is 5.32. The molecule has 0 aliphatic rings. The van der Waals surface area contributed by atoms with Crippen LogP contribution in [0.3, 0.4) is 0 Å². The first kappa shape index (κ1) is 8.82. The lowest BCUT2D eigenvalue weighted by Crippen LogP contribution is -1.93. The van der Waals surface area contributed by atoms with Gasteiger partial charge in [-0.25, -0.2) is 0 Å². The Labute approximate surface area is 61.7 Å². The number of allylic oxidation sites excluding steroid dienone is 2. The number of hydrogen-bond donors (Lipinski definition) is 1. The maximum Gasteiger partial charge on any atom is 0.114 e. The van der Waals surface area contributed by atoms with Crippen molar-refractivity contribution < 1.29 is 4.74 Å². The van der Waals surface area contributed by atoms with E-state index in [1.807, 2.05) is 6.92 Å². The number of rotatable bonds is 3. The van der Waals surface area contributed by atoms with Gasteiger partial charge in [0.1, 0.15) is 5.76 Å². The summed E-state index contributed by atoms with van der Waals surface area (Å²) < 4.78 is 4.85. The van der Waals surface area contributed by atoms with Gasteiger partial charge >= 0.3 is 0 Å². The number of nitrogens with two attached hydrogens (primary N) is 1. The van der Waals surface area contributed by atoms with Crippen LogP contribution in [0.2, 0.25) is 0 Å². The Morgan fingerprint density at radius 1 is 1.50 bits per heavy atom. The summed E-state index contributed by atoms with van der Waals surface area (Å²) in [6.45, 7) is 9.02. The maximum absolute atomic E-state index is 5.32. The molecule has 0 spiro atoms.